The number of carbonyl (C=O) groups is 1. The van der Waals surface area contributed by atoms with Crippen LogP contribution in [0, 0.1) is 0 Å². The van der Waals surface area contributed by atoms with Gasteiger partial charge in [0, 0.05) is 6.08 Å². The van der Waals surface area contributed by atoms with Crippen LogP contribution in [0.1, 0.15) is 12.5 Å². The van der Waals surface area contributed by atoms with E-state index in [1.54, 1.807) is 18.2 Å². The number of hydrogen-bond acceptors (Lipinski definition) is 4. The van der Waals surface area contributed by atoms with Gasteiger partial charge in [0.25, 0.3) is 0 Å². The Balaban J connectivity index is 3.02. The van der Waals surface area contributed by atoms with Crippen molar-refractivity contribution in [2.75, 3.05) is 7.11 Å². The lowest BCUT2D eigenvalue weighted by molar-refractivity contribution is -0.112. The van der Waals surface area contributed by atoms with Gasteiger partial charge in [0.05, 0.1) is 11.6 Å². The minimum Gasteiger partial charge on any atom is -0.508 e. The highest BCUT2D eigenvalue weighted by molar-refractivity contribution is 9.10. The number of aromatic hydroxyl groups is 1. The summed E-state index contributed by atoms with van der Waals surface area (Å²) in [6.07, 6.45) is 4.10. The molecule has 18 heavy (non-hydrogen) atoms. The maximum absolute atomic E-state index is 10.7. The van der Waals surface area contributed by atoms with Crippen molar-refractivity contribution in [3.05, 3.63) is 40.1 Å². The SMILES string of the molecule is COc1cc(/C=C/C(O)=C/C(C)=O)cc(Br)c1O. The van der Waals surface area contributed by atoms with Crippen molar-refractivity contribution in [2.24, 2.45) is 0 Å². The van der Waals surface area contributed by atoms with Crippen molar-refractivity contribution in [2.45, 2.75) is 6.92 Å². The molecule has 0 heterocycles. The molecule has 0 atom stereocenters. The van der Waals surface area contributed by atoms with Gasteiger partial charge in [-0.05, 0) is 46.6 Å². The molecule has 0 fully saturated rings. The zero-order valence-corrected chi connectivity index (χ0v) is 11.6. The molecule has 0 saturated heterocycles. The molecule has 0 bridgehead atoms. The largest absolute Gasteiger partial charge is 0.508 e. The minimum atomic E-state index is -0.235. The fourth-order valence-corrected chi connectivity index (χ4v) is 1.74. The monoisotopic (exact) mass is 312 g/mol. The van der Waals surface area contributed by atoms with Crippen molar-refractivity contribution in [3.8, 4) is 11.5 Å². The molecule has 0 aliphatic carbocycles. The van der Waals surface area contributed by atoms with Crippen LogP contribution in [0.5, 0.6) is 11.5 Å². The molecule has 5 heteroatoms. The fraction of sp³-hybridized carbons (Fsp3) is 0.154. The first-order valence-electron chi connectivity index (χ1n) is 5.10. The van der Waals surface area contributed by atoms with Crippen LogP contribution in [0.25, 0.3) is 6.08 Å². The standard InChI is InChI=1S/C13H13BrO4/c1-8(15)5-10(16)4-3-9-6-11(14)13(17)12(7-9)18-2/h3-7,16-17H,1-2H3/b4-3+,10-5-. The van der Waals surface area contributed by atoms with Crippen LogP contribution in [0.2, 0.25) is 0 Å². The average Bonchev–Trinajstić information content (AvgIpc) is 2.29. The van der Waals surface area contributed by atoms with Crippen LogP contribution in [0.15, 0.2) is 34.5 Å². The van der Waals surface area contributed by atoms with Crippen LogP contribution < -0.4 is 4.74 Å². The summed E-state index contributed by atoms with van der Waals surface area (Å²) in [4.78, 5) is 10.7. The summed E-state index contributed by atoms with van der Waals surface area (Å²) in [6, 6.07) is 3.27. The third-order valence-electron chi connectivity index (χ3n) is 2.07. The van der Waals surface area contributed by atoms with E-state index in [1.165, 1.54) is 20.1 Å². The Hall–Kier alpha value is -1.75. The number of benzene rings is 1. The van der Waals surface area contributed by atoms with Crippen LogP contribution in [-0.4, -0.2) is 23.1 Å². The Morgan fingerprint density at radius 2 is 2.11 bits per heavy atom. The Kier molecular flexibility index (Phi) is 4.97. The number of ketones is 1. The zero-order chi connectivity index (χ0) is 13.7. The van der Waals surface area contributed by atoms with E-state index < -0.39 is 0 Å². The van der Waals surface area contributed by atoms with Crippen molar-refractivity contribution in [3.63, 3.8) is 0 Å². The zero-order valence-electron chi connectivity index (χ0n) is 9.98. The van der Waals surface area contributed by atoms with Crippen LogP contribution in [0.3, 0.4) is 0 Å². The first kappa shape index (κ1) is 14.3. The van der Waals surface area contributed by atoms with Crippen molar-refractivity contribution in [1.82, 2.24) is 0 Å². The number of phenolic OH excluding ortho intramolecular Hbond substituents is 1. The number of methoxy groups -OCH3 is 1. The number of ether oxygens (including phenoxy) is 1. The lowest BCUT2D eigenvalue weighted by Crippen LogP contribution is -1.87. The predicted molar refractivity (Wildman–Crippen MR) is 72.8 cm³/mol. The number of aliphatic hydroxyl groups is 1. The maximum Gasteiger partial charge on any atom is 0.172 e. The van der Waals surface area contributed by atoms with Crippen molar-refractivity contribution < 1.29 is 19.7 Å². The van der Waals surface area contributed by atoms with Gasteiger partial charge in [0.15, 0.2) is 17.3 Å². The van der Waals surface area contributed by atoms with Crippen LogP contribution >= 0.6 is 15.9 Å². The number of phenols is 1. The molecule has 0 saturated carbocycles. The number of hydrogen-bond donors (Lipinski definition) is 2. The molecule has 0 unspecified atom stereocenters. The highest BCUT2D eigenvalue weighted by atomic mass is 79.9. The molecule has 0 amide bonds. The Labute approximate surface area is 113 Å². The average molecular weight is 313 g/mol. The van der Waals surface area contributed by atoms with Crippen molar-refractivity contribution >= 4 is 27.8 Å². The molecule has 0 aliphatic rings. The lowest BCUT2D eigenvalue weighted by Gasteiger charge is -2.06. The summed E-state index contributed by atoms with van der Waals surface area (Å²) in [7, 11) is 1.45. The van der Waals surface area contributed by atoms with E-state index in [4.69, 9.17) is 4.74 Å². The molecular formula is C13H13BrO4. The summed E-state index contributed by atoms with van der Waals surface area (Å²) in [6.45, 7) is 1.35. The van der Waals surface area contributed by atoms with Gasteiger partial charge in [-0.3, -0.25) is 4.79 Å². The molecule has 0 aliphatic heterocycles. The summed E-state index contributed by atoms with van der Waals surface area (Å²) >= 11 is 3.19. The lowest BCUT2D eigenvalue weighted by atomic mass is 10.2. The highest BCUT2D eigenvalue weighted by Crippen LogP contribution is 2.35. The highest BCUT2D eigenvalue weighted by Gasteiger charge is 2.06. The molecule has 0 spiro atoms. The molecule has 1 aromatic rings. The predicted octanol–water partition coefficient (Wildman–Crippen LogP) is 3.21. The number of halogens is 1. The maximum atomic E-state index is 10.7. The molecule has 96 valence electrons. The number of carbonyl (C=O) groups excluding carboxylic acids is 1. The summed E-state index contributed by atoms with van der Waals surface area (Å²) in [5.41, 5.74) is 0.708. The minimum absolute atomic E-state index is 0.0122. The Morgan fingerprint density at radius 3 is 2.67 bits per heavy atom. The van der Waals surface area contributed by atoms with Crippen molar-refractivity contribution in [1.29, 1.82) is 0 Å². The molecule has 2 N–H and O–H groups in total. The van der Waals surface area contributed by atoms with Gasteiger partial charge in [-0.15, -0.1) is 0 Å². The van der Waals surface area contributed by atoms with E-state index in [0.717, 1.165) is 6.08 Å². The smallest absolute Gasteiger partial charge is 0.172 e. The number of allylic oxidation sites excluding steroid dienone is 2. The second-order valence-corrected chi connectivity index (χ2v) is 4.42. The van der Waals surface area contributed by atoms with Gasteiger partial charge in [0.2, 0.25) is 0 Å². The first-order valence-corrected chi connectivity index (χ1v) is 5.89. The van der Waals surface area contributed by atoms with Crippen LogP contribution in [-0.2, 0) is 4.79 Å². The Bertz CT molecular complexity index is 518. The molecule has 0 radical (unpaired) electrons. The molecule has 4 nitrogen and oxygen atoms in total. The molecule has 1 aromatic carbocycles. The third-order valence-corrected chi connectivity index (χ3v) is 2.67. The number of aliphatic hydroxyl groups excluding tert-OH is 1. The summed E-state index contributed by atoms with van der Waals surface area (Å²) in [5, 5.41) is 19.0. The van der Waals surface area contributed by atoms with Gasteiger partial charge in [-0.1, -0.05) is 6.08 Å². The number of rotatable bonds is 4. The van der Waals surface area contributed by atoms with Crippen LogP contribution in [0.4, 0.5) is 0 Å². The van der Waals surface area contributed by atoms with Gasteiger partial charge in [-0.2, -0.15) is 0 Å². The van der Waals surface area contributed by atoms with E-state index in [1.807, 2.05) is 0 Å². The topological polar surface area (TPSA) is 66.8 Å². The summed E-state index contributed by atoms with van der Waals surface area (Å²) in [5.74, 6) is -0.0375. The second kappa shape index (κ2) is 6.26. The molecular weight excluding hydrogens is 300 g/mol. The van der Waals surface area contributed by atoms with Gasteiger partial charge in [0.1, 0.15) is 5.76 Å². The normalized spacial score (nSPS) is 11.8. The first-order chi connectivity index (χ1) is 8.43. The van der Waals surface area contributed by atoms with E-state index >= 15 is 0 Å². The van der Waals surface area contributed by atoms with E-state index in [2.05, 4.69) is 15.9 Å². The van der Waals surface area contributed by atoms with Gasteiger partial charge in [-0.25, -0.2) is 0 Å². The quantitative estimate of drug-likeness (QED) is 0.509. The summed E-state index contributed by atoms with van der Waals surface area (Å²) < 4.78 is 5.48. The second-order valence-electron chi connectivity index (χ2n) is 3.57. The molecule has 1 rings (SSSR count). The van der Waals surface area contributed by atoms with E-state index in [0.29, 0.717) is 15.8 Å². The van der Waals surface area contributed by atoms with Gasteiger partial charge < -0.3 is 14.9 Å². The fourth-order valence-electron chi connectivity index (χ4n) is 1.28. The van der Waals surface area contributed by atoms with Gasteiger partial charge >= 0.3 is 0 Å². The van der Waals surface area contributed by atoms with E-state index in [9.17, 15) is 15.0 Å². The third kappa shape index (κ3) is 3.92. The van der Waals surface area contributed by atoms with E-state index in [-0.39, 0.29) is 17.3 Å². The Morgan fingerprint density at radius 1 is 1.44 bits per heavy atom. The molecule has 0 aromatic heterocycles.